The van der Waals surface area contributed by atoms with E-state index in [-0.39, 0.29) is 11.9 Å². The molecule has 4 fully saturated rings. The van der Waals surface area contributed by atoms with Crippen LogP contribution in [0.25, 0.3) is 0 Å². The lowest BCUT2D eigenvalue weighted by Gasteiger charge is -2.61. The van der Waals surface area contributed by atoms with Crippen molar-refractivity contribution in [3.8, 4) is 0 Å². The molecular weight excluding hydrogens is 400 g/mol. The molecule has 0 spiro atoms. The number of hydrogen-bond acceptors (Lipinski definition) is 4. The zero-order valence-corrected chi connectivity index (χ0v) is 21.9. The van der Waals surface area contributed by atoms with Crippen LogP contribution in [0.15, 0.2) is 0 Å². The van der Waals surface area contributed by atoms with Gasteiger partial charge in [0.25, 0.3) is 0 Å². The molecule has 4 aliphatic rings. The highest BCUT2D eigenvalue weighted by molar-refractivity contribution is 5.85. The van der Waals surface area contributed by atoms with E-state index < -0.39 is 0 Å². The van der Waals surface area contributed by atoms with Crippen LogP contribution in [-0.2, 0) is 14.3 Å². The molecule has 8 atom stereocenters. The summed E-state index contributed by atoms with van der Waals surface area (Å²) in [6, 6.07) is 0. The molecule has 32 heavy (non-hydrogen) atoms. The fourth-order valence-corrected chi connectivity index (χ4v) is 8.62. The number of hydrogen-bond donors (Lipinski definition) is 1. The van der Waals surface area contributed by atoms with E-state index in [0.717, 1.165) is 20.0 Å². The molecule has 4 rings (SSSR count). The molecule has 1 N–H and O–H groups in total. The Kier molecular flexibility index (Phi) is 9.82. The highest BCUT2D eigenvalue weighted by Crippen LogP contribution is 2.67. The molecule has 4 aliphatic carbocycles. The molecule has 4 saturated carbocycles. The van der Waals surface area contributed by atoms with E-state index in [1.165, 1.54) is 58.5 Å². The second kappa shape index (κ2) is 11.5. The van der Waals surface area contributed by atoms with Crippen LogP contribution in [0.1, 0.15) is 105 Å². The lowest BCUT2D eigenvalue weighted by molar-refractivity contribution is -0.165. The Balaban J connectivity index is 0.000000860. The molecule has 186 valence electrons. The Morgan fingerprint density at radius 2 is 1.62 bits per heavy atom. The maximum absolute atomic E-state index is 13.6. The normalized spacial score (nSPS) is 42.2. The number of ether oxygens (including phenoxy) is 1. The summed E-state index contributed by atoms with van der Waals surface area (Å²) in [6.45, 7) is 11.3. The van der Waals surface area contributed by atoms with Crippen molar-refractivity contribution in [2.75, 3.05) is 14.2 Å². The molecule has 0 heterocycles. The number of Topliss-reactive ketones (excluding diaryl/α,β-unsaturated/α-hetero) is 1. The largest absolute Gasteiger partial charge is 0.469 e. The molecule has 0 amide bonds. The lowest BCUT2D eigenvalue weighted by atomic mass is 9.42. The first-order valence-electron chi connectivity index (χ1n) is 13.4. The monoisotopic (exact) mass is 450 g/mol. The quantitative estimate of drug-likeness (QED) is 0.501. The van der Waals surface area contributed by atoms with Crippen LogP contribution in [0, 0.1) is 46.3 Å². The summed E-state index contributed by atoms with van der Waals surface area (Å²) in [6.07, 6.45) is 12.9. The Morgan fingerprint density at radius 3 is 2.28 bits per heavy atom. The average molecular weight is 451 g/mol. The second-order valence-electron chi connectivity index (χ2n) is 11.1. The van der Waals surface area contributed by atoms with Gasteiger partial charge in [-0.15, -0.1) is 0 Å². The third-order valence-electron chi connectivity index (χ3n) is 10.2. The summed E-state index contributed by atoms with van der Waals surface area (Å²) in [4.78, 5) is 25.1. The van der Waals surface area contributed by atoms with Gasteiger partial charge in [0.2, 0.25) is 0 Å². The molecule has 0 aromatic carbocycles. The van der Waals surface area contributed by atoms with E-state index in [0.29, 0.717) is 52.6 Å². The van der Waals surface area contributed by atoms with Crippen molar-refractivity contribution in [1.82, 2.24) is 0 Å². The number of aliphatic hydroxyl groups is 1. The minimum Gasteiger partial charge on any atom is -0.469 e. The summed E-state index contributed by atoms with van der Waals surface area (Å²) in [5.41, 5.74) is 0.686. The zero-order valence-electron chi connectivity index (χ0n) is 21.9. The molecule has 4 nitrogen and oxygen atoms in total. The van der Waals surface area contributed by atoms with Gasteiger partial charge in [-0.3, -0.25) is 9.59 Å². The maximum atomic E-state index is 13.6. The predicted molar refractivity (Wildman–Crippen MR) is 130 cm³/mol. The molecule has 0 saturated heterocycles. The number of ketones is 1. The average Bonchev–Trinajstić information content (AvgIpc) is 3.16. The van der Waals surface area contributed by atoms with Gasteiger partial charge >= 0.3 is 5.97 Å². The Hall–Kier alpha value is -0.900. The van der Waals surface area contributed by atoms with Crippen LogP contribution in [0.2, 0.25) is 0 Å². The van der Waals surface area contributed by atoms with Crippen LogP contribution >= 0.6 is 0 Å². The van der Waals surface area contributed by atoms with Gasteiger partial charge in [0, 0.05) is 25.4 Å². The molecule has 0 bridgehead atoms. The van der Waals surface area contributed by atoms with E-state index in [1.807, 2.05) is 13.8 Å². The predicted octanol–water partition coefficient (Wildman–Crippen LogP) is 6.44. The van der Waals surface area contributed by atoms with E-state index in [1.54, 1.807) is 0 Å². The summed E-state index contributed by atoms with van der Waals surface area (Å²) < 4.78 is 4.82. The standard InChI is InChI=1S/C25H40O3.C2H6.CH4O/c1-16-18-9-5-6-14-25(18,3)20-13-15-24(2)17(8-7-10-21(26)28-4)11-12-19(24)22(20)23(16)27;2*1-2/h16-20,22H,5-15H2,1-4H3;1-2H3;2H,1H3/t16-,17?,18?,19?,20?,22?,24?,25?;;/m1../s1. The number of carbonyl (C=O) groups is 2. The minimum absolute atomic E-state index is 0.0871. The van der Waals surface area contributed by atoms with Crippen LogP contribution < -0.4 is 0 Å². The highest BCUT2D eigenvalue weighted by Gasteiger charge is 2.63. The molecule has 0 aromatic heterocycles. The van der Waals surface area contributed by atoms with E-state index in [9.17, 15) is 9.59 Å². The maximum Gasteiger partial charge on any atom is 0.305 e. The van der Waals surface area contributed by atoms with Crippen LogP contribution in [-0.4, -0.2) is 31.1 Å². The lowest BCUT2D eigenvalue weighted by Crippen LogP contribution is -2.59. The number of methoxy groups -OCH3 is 1. The van der Waals surface area contributed by atoms with Crippen molar-refractivity contribution < 1.29 is 19.4 Å². The summed E-state index contributed by atoms with van der Waals surface area (Å²) in [7, 11) is 2.48. The molecule has 0 radical (unpaired) electrons. The number of rotatable bonds is 4. The Morgan fingerprint density at radius 1 is 0.969 bits per heavy atom. The van der Waals surface area contributed by atoms with Crippen molar-refractivity contribution in [1.29, 1.82) is 0 Å². The number of esters is 1. The van der Waals surface area contributed by atoms with Gasteiger partial charge in [-0.1, -0.05) is 47.5 Å². The fraction of sp³-hybridized carbons (Fsp3) is 0.929. The molecule has 0 aliphatic heterocycles. The van der Waals surface area contributed by atoms with Crippen LogP contribution in [0.3, 0.4) is 0 Å². The summed E-state index contributed by atoms with van der Waals surface area (Å²) in [5.74, 6) is 3.57. The third kappa shape index (κ3) is 4.68. The first-order chi connectivity index (χ1) is 15.3. The first-order valence-corrected chi connectivity index (χ1v) is 13.4. The van der Waals surface area contributed by atoms with Gasteiger partial charge in [0.15, 0.2) is 0 Å². The minimum atomic E-state index is -0.0871. The topological polar surface area (TPSA) is 63.6 Å². The number of aliphatic hydroxyl groups excluding tert-OH is 1. The molecular formula is C28H50O4. The Labute approximate surface area is 197 Å². The van der Waals surface area contributed by atoms with Gasteiger partial charge < -0.3 is 9.84 Å². The fourth-order valence-electron chi connectivity index (χ4n) is 8.62. The van der Waals surface area contributed by atoms with Crippen molar-refractivity contribution in [2.24, 2.45) is 46.3 Å². The molecule has 4 heteroatoms. The van der Waals surface area contributed by atoms with Gasteiger partial charge in [-0.25, -0.2) is 0 Å². The zero-order chi connectivity index (χ0) is 24.1. The van der Waals surface area contributed by atoms with Crippen molar-refractivity contribution in [3.63, 3.8) is 0 Å². The van der Waals surface area contributed by atoms with E-state index in [4.69, 9.17) is 9.84 Å². The number of fused-ring (bicyclic) bond motifs is 5. The van der Waals surface area contributed by atoms with Crippen molar-refractivity contribution in [3.05, 3.63) is 0 Å². The smallest absolute Gasteiger partial charge is 0.305 e. The van der Waals surface area contributed by atoms with E-state index in [2.05, 4.69) is 20.8 Å². The summed E-state index contributed by atoms with van der Waals surface area (Å²) >= 11 is 0. The van der Waals surface area contributed by atoms with Gasteiger partial charge in [0.1, 0.15) is 5.78 Å². The van der Waals surface area contributed by atoms with Crippen molar-refractivity contribution >= 4 is 11.8 Å². The molecule has 7 unspecified atom stereocenters. The SMILES string of the molecule is CC.CO.COC(=O)CCCC1CCC2C3C(=O)[C@H](C)C4CCCCC4(C)C3CCC12C. The summed E-state index contributed by atoms with van der Waals surface area (Å²) in [5, 5.41) is 7.00. The van der Waals surface area contributed by atoms with Crippen molar-refractivity contribution in [2.45, 2.75) is 105 Å². The van der Waals surface area contributed by atoms with E-state index >= 15 is 0 Å². The molecule has 0 aromatic rings. The second-order valence-corrected chi connectivity index (χ2v) is 11.1. The van der Waals surface area contributed by atoms with Crippen LogP contribution in [0.5, 0.6) is 0 Å². The van der Waals surface area contributed by atoms with Gasteiger partial charge in [-0.2, -0.15) is 0 Å². The van der Waals surface area contributed by atoms with Gasteiger partial charge in [0.05, 0.1) is 7.11 Å². The third-order valence-corrected chi connectivity index (χ3v) is 10.2. The van der Waals surface area contributed by atoms with Gasteiger partial charge in [-0.05, 0) is 85.9 Å². The number of carbonyl (C=O) groups excluding carboxylic acids is 2. The Bertz CT molecular complexity index is 631. The van der Waals surface area contributed by atoms with Crippen LogP contribution in [0.4, 0.5) is 0 Å². The highest BCUT2D eigenvalue weighted by atomic mass is 16.5. The first kappa shape index (κ1) is 27.3.